The predicted molar refractivity (Wildman–Crippen MR) is 133 cm³/mol. The summed E-state index contributed by atoms with van der Waals surface area (Å²) in [6.45, 7) is 5.58. The number of benzene rings is 2. The third-order valence-electron chi connectivity index (χ3n) is 6.73. The molecule has 3 heterocycles. The number of hydrogen-bond acceptors (Lipinski definition) is 5. The van der Waals surface area contributed by atoms with Crippen molar-refractivity contribution in [1.29, 1.82) is 0 Å². The molecule has 0 N–H and O–H groups in total. The summed E-state index contributed by atoms with van der Waals surface area (Å²) < 4.78 is 30.0. The van der Waals surface area contributed by atoms with E-state index in [2.05, 4.69) is 5.10 Å². The van der Waals surface area contributed by atoms with Crippen LogP contribution in [0.5, 0.6) is 0 Å². The molecular formula is C25H27ClN4O3S. The SMILES string of the molecule is Cc1ccc(S(=O)(=O)N2CCCCC2)c(C)c1N1CCc2cnn(C(=O)c3cccc(Cl)c3)c21. The van der Waals surface area contributed by atoms with Crippen LogP contribution in [0.25, 0.3) is 0 Å². The third kappa shape index (κ3) is 3.83. The molecule has 0 aliphatic carbocycles. The Labute approximate surface area is 205 Å². The van der Waals surface area contributed by atoms with Gasteiger partial charge in [-0.2, -0.15) is 14.1 Å². The molecule has 7 nitrogen and oxygen atoms in total. The molecule has 1 aromatic heterocycles. The summed E-state index contributed by atoms with van der Waals surface area (Å²) in [6.07, 6.45) is 5.27. The first-order valence-corrected chi connectivity index (χ1v) is 13.4. The molecule has 1 fully saturated rings. The Kier molecular flexibility index (Phi) is 6.00. The number of halogens is 1. The van der Waals surface area contributed by atoms with E-state index in [0.29, 0.717) is 46.5 Å². The highest BCUT2D eigenvalue weighted by molar-refractivity contribution is 7.89. The number of carbonyl (C=O) groups excluding carboxylic acids is 1. The molecule has 2 aromatic carbocycles. The van der Waals surface area contributed by atoms with Gasteiger partial charge in [-0.1, -0.05) is 30.2 Å². The van der Waals surface area contributed by atoms with Crippen molar-refractivity contribution in [3.05, 3.63) is 69.9 Å². The average Bonchev–Trinajstić information content (AvgIpc) is 3.42. The molecule has 0 unspecified atom stereocenters. The second-order valence-corrected chi connectivity index (χ2v) is 11.3. The molecule has 1 saturated heterocycles. The van der Waals surface area contributed by atoms with E-state index in [1.807, 2.05) is 24.8 Å². The van der Waals surface area contributed by atoms with Crippen molar-refractivity contribution in [3.63, 3.8) is 0 Å². The first-order chi connectivity index (χ1) is 16.3. The van der Waals surface area contributed by atoms with E-state index >= 15 is 0 Å². The van der Waals surface area contributed by atoms with Crippen LogP contribution in [0, 0.1) is 13.8 Å². The van der Waals surface area contributed by atoms with Gasteiger partial charge in [-0.25, -0.2) is 8.42 Å². The van der Waals surface area contributed by atoms with Crippen molar-refractivity contribution in [3.8, 4) is 0 Å². The molecule has 0 atom stereocenters. The van der Waals surface area contributed by atoms with Gasteiger partial charge in [0.25, 0.3) is 5.91 Å². The van der Waals surface area contributed by atoms with E-state index in [1.54, 1.807) is 40.8 Å². The number of hydrogen-bond donors (Lipinski definition) is 0. The smallest absolute Gasteiger partial charge is 0.280 e. The van der Waals surface area contributed by atoms with Gasteiger partial charge in [-0.05, 0) is 68.5 Å². The number of anilines is 2. The van der Waals surface area contributed by atoms with Gasteiger partial charge in [0.05, 0.1) is 11.1 Å². The van der Waals surface area contributed by atoms with E-state index in [4.69, 9.17) is 11.6 Å². The van der Waals surface area contributed by atoms with Gasteiger partial charge in [0.2, 0.25) is 10.0 Å². The van der Waals surface area contributed by atoms with Crippen molar-refractivity contribution < 1.29 is 13.2 Å². The van der Waals surface area contributed by atoms with Crippen LogP contribution in [0.3, 0.4) is 0 Å². The zero-order valence-corrected chi connectivity index (χ0v) is 20.9. The van der Waals surface area contributed by atoms with Crippen molar-refractivity contribution >= 4 is 39.0 Å². The lowest BCUT2D eigenvalue weighted by atomic mass is 10.1. The molecule has 2 aliphatic rings. The minimum Gasteiger partial charge on any atom is -0.325 e. The largest absolute Gasteiger partial charge is 0.325 e. The number of rotatable bonds is 4. The zero-order valence-electron chi connectivity index (χ0n) is 19.3. The van der Waals surface area contributed by atoms with Gasteiger partial charge in [-0.3, -0.25) is 4.79 Å². The normalized spacial score (nSPS) is 16.6. The Morgan fingerprint density at radius 3 is 2.53 bits per heavy atom. The first-order valence-electron chi connectivity index (χ1n) is 11.5. The summed E-state index contributed by atoms with van der Waals surface area (Å²) in [5.74, 6) is 0.409. The van der Waals surface area contributed by atoms with E-state index in [9.17, 15) is 13.2 Å². The van der Waals surface area contributed by atoms with Crippen LogP contribution in [-0.4, -0.2) is 48.0 Å². The van der Waals surface area contributed by atoms with E-state index in [0.717, 1.165) is 42.5 Å². The highest BCUT2D eigenvalue weighted by Crippen LogP contribution is 2.40. The average molecular weight is 499 g/mol. The molecule has 34 heavy (non-hydrogen) atoms. The van der Waals surface area contributed by atoms with Gasteiger partial charge in [0.15, 0.2) is 0 Å². The Morgan fingerprint density at radius 2 is 1.79 bits per heavy atom. The topological polar surface area (TPSA) is 75.5 Å². The Bertz CT molecular complexity index is 1380. The minimum absolute atomic E-state index is 0.275. The lowest BCUT2D eigenvalue weighted by Crippen LogP contribution is -2.36. The number of aromatic nitrogens is 2. The lowest BCUT2D eigenvalue weighted by Gasteiger charge is -2.29. The Hall–Kier alpha value is -2.68. The van der Waals surface area contributed by atoms with Crippen molar-refractivity contribution in [2.75, 3.05) is 24.5 Å². The summed E-state index contributed by atoms with van der Waals surface area (Å²) in [5, 5.41) is 4.86. The quantitative estimate of drug-likeness (QED) is 0.520. The zero-order chi connectivity index (χ0) is 24.0. The summed E-state index contributed by atoms with van der Waals surface area (Å²) >= 11 is 6.10. The summed E-state index contributed by atoms with van der Waals surface area (Å²) in [7, 11) is -3.60. The van der Waals surface area contributed by atoms with Crippen LogP contribution < -0.4 is 4.90 Å². The number of sulfonamides is 1. The van der Waals surface area contributed by atoms with Gasteiger partial charge in [-0.15, -0.1) is 0 Å². The molecule has 0 spiro atoms. The fraction of sp³-hybridized carbons (Fsp3) is 0.360. The molecule has 0 radical (unpaired) electrons. The standard InChI is InChI=1S/C25H27ClN4O3S/c1-17-9-10-22(34(32,33)28-12-4-3-5-13-28)18(2)23(17)29-14-11-20-16-27-30(24(20)29)25(31)19-7-6-8-21(26)15-19/h6-10,15-16H,3-5,11-14H2,1-2H3. The number of piperidine rings is 1. The maximum Gasteiger partial charge on any atom is 0.280 e. The van der Waals surface area contributed by atoms with Crippen LogP contribution in [0.4, 0.5) is 11.5 Å². The Morgan fingerprint density at radius 1 is 1.03 bits per heavy atom. The molecule has 5 rings (SSSR count). The fourth-order valence-electron chi connectivity index (χ4n) is 5.04. The van der Waals surface area contributed by atoms with Gasteiger partial charge >= 0.3 is 0 Å². The minimum atomic E-state index is -3.60. The van der Waals surface area contributed by atoms with Crippen LogP contribution in [0.15, 0.2) is 47.5 Å². The lowest BCUT2D eigenvalue weighted by molar-refractivity contribution is 0.0947. The third-order valence-corrected chi connectivity index (χ3v) is 9.01. The van der Waals surface area contributed by atoms with Crippen LogP contribution in [-0.2, 0) is 16.4 Å². The van der Waals surface area contributed by atoms with Crippen molar-refractivity contribution in [2.45, 2.75) is 44.4 Å². The summed E-state index contributed by atoms with van der Waals surface area (Å²) in [5.41, 5.74) is 3.86. The van der Waals surface area contributed by atoms with E-state index < -0.39 is 10.0 Å². The van der Waals surface area contributed by atoms with Gasteiger partial charge in [0, 0.05) is 41.5 Å². The maximum atomic E-state index is 13.5. The summed E-state index contributed by atoms with van der Waals surface area (Å²) in [6, 6.07) is 10.4. The molecule has 2 aliphatic heterocycles. The summed E-state index contributed by atoms with van der Waals surface area (Å²) in [4.78, 5) is 15.7. The molecule has 0 bridgehead atoms. The maximum absolute atomic E-state index is 13.5. The van der Waals surface area contributed by atoms with E-state index in [-0.39, 0.29) is 5.91 Å². The highest BCUT2D eigenvalue weighted by atomic mass is 35.5. The molecule has 0 saturated carbocycles. The predicted octanol–water partition coefficient (Wildman–Crippen LogP) is 4.71. The molecule has 9 heteroatoms. The van der Waals surface area contributed by atoms with Crippen molar-refractivity contribution in [2.24, 2.45) is 0 Å². The molecule has 178 valence electrons. The monoisotopic (exact) mass is 498 g/mol. The molecular weight excluding hydrogens is 472 g/mol. The van der Waals surface area contributed by atoms with Crippen LogP contribution in [0.2, 0.25) is 5.02 Å². The highest BCUT2D eigenvalue weighted by Gasteiger charge is 2.33. The molecule has 0 amide bonds. The van der Waals surface area contributed by atoms with Crippen LogP contribution >= 0.6 is 11.6 Å². The first kappa shape index (κ1) is 23.1. The fourth-order valence-corrected chi connectivity index (χ4v) is 6.98. The second kappa shape index (κ2) is 8.83. The second-order valence-electron chi connectivity index (χ2n) is 8.94. The number of fused-ring (bicyclic) bond motifs is 1. The Balaban J connectivity index is 1.58. The number of carbonyl (C=O) groups is 1. The van der Waals surface area contributed by atoms with Gasteiger partial charge in [0.1, 0.15) is 5.82 Å². The number of nitrogens with zero attached hydrogens (tertiary/aromatic N) is 4. The molecule has 3 aromatic rings. The number of aryl methyl sites for hydroxylation is 1. The van der Waals surface area contributed by atoms with Gasteiger partial charge < -0.3 is 4.90 Å². The van der Waals surface area contributed by atoms with Crippen LogP contribution in [0.1, 0.15) is 46.3 Å². The van der Waals surface area contributed by atoms with Crippen molar-refractivity contribution in [1.82, 2.24) is 14.1 Å². The van der Waals surface area contributed by atoms with E-state index in [1.165, 1.54) is 4.68 Å².